The molecule has 1 saturated carbocycles. The van der Waals surface area contributed by atoms with Crippen molar-refractivity contribution in [3.63, 3.8) is 0 Å². The average molecular weight is 149 g/mol. The smallest absolute Gasteiger partial charge is 0.132 e. The molecule has 1 aliphatic rings. The van der Waals surface area contributed by atoms with E-state index in [1.54, 1.807) is 0 Å². The van der Waals surface area contributed by atoms with Gasteiger partial charge in [0.2, 0.25) is 0 Å². The Hall–Kier alpha value is -0.450. The minimum atomic E-state index is 0. The first-order valence-electron chi connectivity index (χ1n) is 3.11. The molecule has 0 radical (unpaired) electrons. The van der Waals surface area contributed by atoms with Crippen molar-refractivity contribution in [3.05, 3.63) is 0 Å². The third-order valence-electron chi connectivity index (χ3n) is 1.41. The highest BCUT2D eigenvalue weighted by Gasteiger charge is 2.05. The molecule has 62 valence electrons. The SMILES string of the molecule is N.O=C1CCCCC1.OO. The van der Waals surface area contributed by atoms with Gasteiger partial charge < -0.3 is 6.15 Å². The lowest BCUT2D eigenvalue weighted by Crippen LogP contribution is -2.02. The maximum Gasteiger partial charge on any atom is 0.132 e. The molecule has 1 fully saturated rings. The second kappa shape index (κ2) is 8.55. The topological polar surface area (TPSA) is 92.5 Å². The minimum Gasteiger partial charge on any atom is -0.344 e. The molecule has 0 bridgehead atoms. The molecule has 5 N–H and O–H groups in total. The summed E-state index contributed by atoms with van der Waals surface area (Å²) in [5, 5.41) is 12.0. The summed E-state index contributed by atoms with van der Waals surface area (Å²) in [6, 6.07) is 0. The van der Waals surface area contributed by atoms with E-state index in [0.717, 1.165) is 25.7 Å². The monoisotopic (exact) mass is 149 g/mol. The fourth-order valence-corrected chi connectivity index (χ4v) is 0.946. The van der Waals surface area contributed by atoms with E-state index >= 15 is 0 Å². The summed E-state index contributed by atoms with van der Waals surface area (Å²) in [4.78, 5) is 10.5. The molecule has 4 heteroatoms. The summed E-state index contributed by atoms with van der Waals surface area (Å²) < 4.78 is 0. The van der Waals surface area contributed by atoms with E-state index in [2.05, 4.69) is 0 Å². The van der Waals surface area contributed by atoms with E-state index in [-0.39, 0.29) is 6.15 Å². The van der Waals surface area contributed by atoms with Gasteiger partial charge in [-0.2, -0.15) is 0 Å². The van der Waals surface area contributed by atoms with Crippen LogP contribution in [0.4, 0.5) is 0 Å². The van der Waals surface area contributed by atoms with E-state index in [0.29, 0.717) is 5.78 Å². The van der Waals surface area contributed by atoms with E-state index < -0.39 is 0 Å². The van der Waals surface area contributed by atoms with E-state index in [1.165, 1.54) is 6.42 Å². The Balaban J connectivity index is 0. The molecule has 0 unspecified atom stereocenters. The Morgan fingerprint density at radius 2 is 1.40 bits per heavy atom. The first-order valence-corrected chi connectivity index (χ1v) is 3.11. The number of carbonyl (C=O) groups excluding carboxylic acids is 1. The van der Waals surface area contributed by atoms with E-state index in [1.807, 2.05) is 0 Å². The summed E-state index contributed by atoms with van der Waals surface area (Å²) in [7, 11) is 0. The molecule has 0 aromatic carbocycles. The standard InChI is InChI=1S/C6H10O.H3N.H2O2/c7-6-4-2-1-3-5-6;;1-2/h1-5H2;1H3;1-2H. The second-order valence-electron chi connectivity index (χ2n) is 2.10. The van der Waals surface area contributed by atoms with Crippen LogP contribution in [0.1, 0.15) is 32.1 Å². The zero-order valence-corrected chi connectivity index (χ0v) is 6.05. The Kier molecular flexibility index (Phi) is 10.5. The molecular formula is C6H15NO3. The van der Waals surface area contributed by atoms with Crippen LogP contribution in [0.2, 0.25) is 0 Å². The lowest BCUT2D eigenvalue weighted by atomic mass is 10.00. The molecule has 0 aliphatic heterocycles. The second-order valence-corrected chi connectivity index (χ2v) is 2.10. The summed E-state index contributed by atoms with van der Waals surface area (Å²) >= 11 is 0. The van der Waals surface area contributed by atoms with Crippen molar-refractivity contribution in [3.8, 4) is 0 Å². The van der Waals surface area contributed by atoms with Gasteiger partial charge in [0.25, 0.3) is 0 Å². The van der Waals surface area contributed by atoms with Crippen LogP contribution in [0.15, 0.2) is 0 Å². The number of rotatable bonds is 0. The number of Topliss-reactive ketones (excluding diaryl/α,β-unsaturated/α-hetero) is 1. The van der Waals surface area contributed by atoms with Gasteiger partial charge in [0, 0.05) is 12.8 Å². The van der Waals surface area contributed by atoms with Crippen molar-refractivity contribution in [2.45, 2.75) is 32.1 Å². The zero-order chi connectivity index (χ0) is 7.11. The summed E-state index contributed by atoms with van der Waals surface area (Å²) in [6.45, 7) is 0. The van der Waals surface area contributed by atoms with Gasteiger partial charge >= 0.3 is 0 Å². The highest BCUT2D eigenvalue weighted by Crippen LogP contribution is 2.12. The van der Waals surface area contributed by atoms with Crippen LogP contribution in [-0.2, 0) is 4.79 Å². The Bertz CT molecular complexity index is 77.1. The predicted molar refractivity (Wildman–Crippen MR) is 38.4 cm³/mol. The van der Waals surface area contributed by atoms with Crippen LogP contribution in [-0.4, -0.2) is 16.3 Å². The normalized spacial score (nSPS) is 16.4. The number of hydrogen-bond donors (Lipinski definition) is 3. The van der Waals surface area contributed by atoms with Gasteiger partial charge in [-0.15, -0.1) is 0 Å². The van der Waals surface area contributed by atoms with Crippen molar-refractivity contribution in [2.75, 3.05) is 0 Å². The van der Waals surface area contributed by atoms with Crippen molar-refractivity contribution in [1.82, 2.24) is 6.15 Å². The largest absolute Gasteiger partial charge is 0.344 e. The Labute approximate surface area is 60.4 Å². The Morgan fingerprint density at radius 1 is 1.00 bits per heavy atom. The fourth-order valence-electron chi connectivity index (χ4n) is 0.946. The number of carbonyl (C=O) groups is 1. The number of ketones is 1. The van der Waals surface area contributed by atoms with Crippen LogP contribution in [0.5, 0.6) is 0 Å². The summed E-state index contributed by atoms with van der Waals surface area (Å²) in [6.07, 6.45) is 5.24. The van der Waals surface area contributed by atoms with E-state index in [4.69, 9.17) is 10.5 Å². The van der Waals surface area contributed by atoms with Crippen LogP contribution in [0, 0.1) is 0 Å². The van der Waals surface area contributed by atoms with Crippen LogP contribution in [0.3, 0.4) is 0 Å². The zero-order valence-electron chi connectivity index (χ0n) is 6.05. The van der Waals surface area contributed by atoms with Crippen LogP contribution < -0.4 is 6.15 Å². The first-order chi connectivity index (χ1) is 4.39. The van der Waals surface area contributed by atoms with Crippen molar-refractivity contribution >= 4 is 5.78 Å². The van der Waals surface area contributed by atoms with Gasteiger partial charge in [0.15, 0.2) is 0 Å². The summed E-state index contributed by atoms with van der Waals surface area (Å²) in [5.74, 6) is 0.464. The molecule has 1 rings (SSSR count). The van der Waals surface area contributed by atoms with Crippen LogP contribution in [0.25, 0.3) is 0 Å². The molecule has 0 amide bonds. The van der Waals surface area contributed by atoms with Gasteiger partial charge in [-0.05, 0) is 12.8 Å². The van der Waals surface area contributed by atoms with Gasteiger partial charge in [-0.3, -0.25) is 15.3 Å². The lowest BCUT2D eigenvalue weighted by molar-refractivity contribution is -0.176. The Morgan fingerprint density at radius 3 is 1.60 bits per heavy atom. The molecule has 10 heavy (non-hydrogen) atoms. The van der Waals surface area contributed by atoms with E-state index in [9.17, 15) is 4.79 Å². The highest BCUT2D eigenvalue weighted by atomic mass is 17.0. The average Bonchev–Trinajstić information content (AvgIpc) is 1.94. The molecule has 0 heterocycles. The first kappa shape index (κ1) is 12.2. The van der Waals surface area contributed by atoms with Crippen LogP contribution >= 0.6 is 0 Å². The molecule has 0 aromatic heterocycles. The molecule has 4 nitrogen and oxygen atoms in total. The van der Waals surface area contributed by atoms with Gasteiger partial charge in [0.05, 0.1) is 0 Å². The molecular weight excluding hydrogens is 134 g/mol. The maximum absolute atomic E-state index is 10.5. The lowest BCUT2D eigenvalue weighted by Gasteiger charge is -2.05. The fraction of sp³-hybridized carbons (Fsp3) is 0.833. The molecule has 1 aliphatic carbocycles. The van der Waals surface area contributed by atoms with Crippen molar-refractivity contribution in [1.29, 1.82) is 0 Å². The highest BCUT2D eigenvalue weighted by molar-refractivity contribution is 5.78. The van der Waals surface area contributed by atoms with Crippen molar-refractivity contribution in [2.24, 2.45) is 0 Å². The maximum atomic E-state index is 10.5. The van der Waals surface area contributed by atoms with Crippen molar-refractivity contribution < 1.29 is 15.3 Å². The number of hydrogen-bond acceptors (Lipinski definition) is 4. The molecule has 0 atom stereocenters. The third kappa shape index (κ3) is 5.68. The molecule has 0 spiro atoms. The minimum absolute atomic E-state index is 0. The predicted octanol–water partition coefficient (Wildman–Crippen LogP) is 1.70. The van der Waals surface area contributed by atoms with Gasteiger partial charge in [-0.25, -0.2) is 0 Å². The quantitative estimate of drug-likeness (QED) is 0.361. The molecule has 0 saturated heterocycles. The third-order valence-corrected chi connectivity index (χ3v) is 1.41. The molecule has 0 aromatic rings. The summed E-state index contributed by atoms with van der Waals surface area (Å²) in [5.41, 5.74) is 0. The van der Waals surface area contributed by atoms with Gasteiger partial charge in [0.1, 0.15) is 5.78 Å². The van der Waals surface area contributed by atoms with Gasteiger partial charge in [-0.1, -0.05) is 6.42 Å².